The molecule has 230 valence electrons. The number of aromatic nitrogens is 1. The summed E-state index contributed by atoms with van der Waals surface area (Å²) in [6, 6.07) is 66.2. The van der Waals surface area contributed by atoms with Crippen molar-refractivity contribution in [1.29, 1.82) is 0 Å². The topological polar surface area (TPSA) is 8.17 Å². The van der Waals surface area contributed by atoms with Gasteiger partial charge in [-0.15, -0.1) is 11.3 Å². The molecule has 0 N–H and O–H groups in total. The molecule has 0 saturated heterocycles. The summed E-state index contributed by atoms with van der Waals surface area (Å²) in [6.07, 6.45) is 0. The lowest BCUT2D eigenvalue weighted by Crippen LogP contribution is -2.12. The predicted molar refractivity (Wildman–Crippen MR) is 211 cm³/mol. The van der Waals surface area contributed by atoms with Crippen LogP contribution in [0.25, 0.3) is 69.6 Å². The standard InChI is InChI=1S/C46H30N2S/c1-2-15-31(16-3-1)33-20-6-9-24-38(33)48(43-29-13-23-36-35-21-8-11-30-44(35)49-46(36)43)42-28-14-27-41-45(42)37-22-7-10-25-40(37)47(41)39-26-12-18-32-17-4-5-19-34(32)39/h1-30H. The van der Waals surface area contributed by atoms with Gasteiger partial charge in [-0.3, -0.25) is 0 Å². The first kappa shape index (κ1) is 27.9. The molecule has 0 aliphatic carbocycles. The molecule has 0 amide bonds. The van der Waals surface area contributed by atoms with Gasteiger partial charge in [0.1, 0.15) is 0 Å². The van der Waals surface area contributed by atoms with Gasteiger partial charge in [-0.1, -0.05) is 140 Å². The van der Waals surface area contributed by atoms with Crippen molar-refractivity contribution in [2.45, 2.75) is 0 Å². The minimum Gasteiger partial charge on any atom is -0.309 e. The number of fused-ring (bicyclic) bond motifs is 7. The zero-order valence-electron chi connectivity index (χ0n) is 26.6. The molecule has 3 heteroatoms. The van der Waals surface area contributed by atoms with E-state index >= 15 is 0 Å². The first-order chi connectivity index (χ1) is 24.3. The molecule has 2 nitrogen and oxygen atoms in total. The highest BCUT2D eigenvalue weighted by Crippen LogP contribution is 2.50. The molecular formula is C46H30N2S. The van der Waals surface area contributed by atoms with Crippen molar-refractivity contribution in [2.75, 3.05) is 4.90 Å². The van der Waals surface area contributed by atoms with Crippen molar-refractivity contribution in [3.05, 3.63) is 182 Å². The van der Waals surface area contributed by atoms with Crippen LogP contribution in [0.2, 0.25) is 0 Å². The zero-order chi connectivity index (χ0) is 32.3. The number of hydrogen-bond donors (Lipinski definition) is 0. The van der Waals surface area contributed by atoms with E-state index in [-0.39, 0.29) is 0 Å². The minimum atomic E-state index is 1.15. The second-order valence-corrected chi connectivity index (χ2v) is 13.5. The van der Waals surface area contributed by atoms with Gasteiger partial charge < -0.3 is 9.47 Å². The lowest BCUT2D eigenvalue weighted by Gasteiger charge is -2.29. The van der Waals surface area contributed by atoms with Gasteiger partial charge in [-0.05, 0) is 53.4 Å². The minimum absolute atomic E-state index is 1.15. The maximum Gasteiger partial charge on any atom is 0.0640 e. The third-order valence-corrected chi connectivity index (χ3v) is 11.0. The molecule has 0 saturated carbocycles. The number of nitrogens with zero attached hydrogens (tertiary/aromatic N) is 2. The smallest absolute Gasteiger partial charge is 0.0640 e. The Bertz CT molecular complexity index is 2840. The van der Waals surface area contributed by atoms with E-state index in [1.165, 1.54) is 75.3 Å². The van der Waals surface area contributed by atoms with Crippen molar-refractivity contribution in [3.63, 3.8) is 0 Å². The number of hydrogen-bond acceptors (Lipinski definition) is 2. The number of para-hydroxylation sites is 2. The highest BCUT2D eigenvalue weighted by atomic mass is 32.1. The van der Waals surface area contributed by atoms with Crippen LogP contribution < -0.4 is 4.90 Å². The van der Waals surface area contributed by atoms with Crippen LogP contribution in [-0.2, 0) is 0 Å². The fourth-order valence-corrected chi connectivity index (χ4v) is 8.88. The third-order valence-electron chi connectivity index (χ3n) is 9.78. The van der Waals surface area contributed by atoms with E-state index in [2.05, 4.69) is 191 Å². The Morgan fingerprint density at radius 2 is 1.02 bits per heavy atom. The van der Waals surface area contributed by atoms with Gasteiger partial charge in [0, 0.05) is 37.2 Å². The van der Waals surface area contributed by atoms with E-state index in [0.717, 1.165) is 11.4 Å². The summed E-state index contributed by atoms with van der Waals surface area (Å²) in [6.45, 7) is 0. The highest BCUT2D eigenvalue weighted by molar-refractivity contribution is 7.26. The first-order valence-electron chi connectivity index (χ1n) is 16.7. The quantitative estimate of drug-likeness (QED) is 0.181. The van der Waals surface area contributed by atoms with E-state index in [1.807, 2.05) is 11.3 Å². The molecule has 10 aromatic rings. The Balaban J connectivity index is 1.34. The van der Waals surface area contributed by atoms with Crippen LogP contribution in [0.4, 0.5) is 17.1 Å². The lowest BCUT2D eigenvalue weighted by atomic mass is 10.0. The predicted octanol–water partition coefficient (Wildman–Crippen LogP) is 13.4. The van der Waals surface area contributed by atoms with Crippen molar-refractivity contribution >= 4 is 81.1 Å². The Morgan fingerprint density at radius 3 is 1.94 bits per heavy atom. The average Bonchev–Trinajstić information content (AvgIpc) is 3.72. The highest BCUT2D eigenvalue weighted by Gasteiger charge is 2.25. The molecule has 8 aromatic carbocycles. The van der Waals surface area contributed by atoms with Gasteiger partial charge in [0.25, 0.3) is 0 Å². The van der Waals surface area contributed by atoms with Gasteiger partial charge >= 0.3 is 0 Å². The largest absolute Gasteiger partial charge is 0.309 e. The van der Waals surface area contributed by atoms with Crippen LogP contribution in [0.5, 0.6) is 0 Å². The summed E-state index contributed by atoms with van der Waals surface area (Å²) in [5, 5.41) is 7.51. The first-order valence-corrected chi connectivity index (χ1v) is 17.5. The summed E-state index contributed by atoms with van der Waals surface area (Å²) in [5.74, 6) is 0. The second-order valence-electron chi connectivity index (χ2n) is 12.5. The Kier molecular flexibility index (Phi) is 6.39. The van der Waals surface area contributed by atoms with Gasteiger partial charge in [-0.25, -0.2) is 0 Å². The summed E-state index contributed by atoms with van der Waals surface area (Å²) in [5.41, 5.74) is 9.42. The molecule has 2 aromatic heterocycles. The fourth-order valence-electron chi connectivity index (χ4n) is 7.68. The van der Waals surface area contributed by atoms with E-state index in [4.69, 9.17) is 0 Å². The summed E-state index contributed by atoms with van der Waals surface area (Å²) < 4.78 is 5.03. The summed E-state index contributed by atoms with van der Waals surface area (Å²) in [4.78, 5) is 2.52. The molecule has 10 rings (SSSR count). The molecule has 0 aliphatic heterocycles. The monoisotopic (exact) mass is 642 g/mol. The van der Waals surface area contributed by atoms with E-state index in [1.54, 1.807) is 0 Å². The van der Waals surface area contributed by atoms with E-state index in [9.17, 15) is 0 Å². The molecule has 49 heavy (non-hydrogen) atoms. The fraction of sp³-hybridized carbons (Fsp3) is 0. The molecule has 0 bridgehead atoms. The Hall–Kier alpha value is -6.16. The Labute approximate surface area is 288 Å². The lowest BCUT2D eigenvalue weighted by molar-refractivity contribution is 1.20. The zero-order valence-corrected chi connectivity index (χ0v) is 27.4. The second kappa shape index (κ2) is 11.2. The number of benzene rings is 8. The SMILES string of the molecule is c1ccc(-c2ccccc2N(c2cccc3c2sc2ccccc23)c2cccc3c2c2ccccc2n3-c2cccc3ccccc23)cc1. The number of anilines is 3. The molecule has 0 radical (unpaired) electrons. The molecule has 0 aliphatic rings. The van der Waals surface area contributed by atoms with Crippen LogP contribution in [0.15, 0.2) is 182 Å². The van der Waals surface area contributed by atoms with Gasteiger partial charge in [-0.2, -0.15) is 0 Å². The number of thiophene rings is 1. The molecule has 0 fully saturated rings. The normalized spacial score (nSPS) is 11.7. The van der Waals surface area contributed by atoms with Crippen molar-refractivity contribution in [1.82, 2.24) is 4.57 Å². The third kappa shape index (κ3) is 4.33. The molecule has 0 spiro atoms. The van der Waals surface area contributed by atoms with Crippen molar-refractivity contribution < 1.29 is 0 Å². The van der Waals surface area contributed by atoms with Crippen LogP contribution in [0.1, 0.15) is 0 Å². The molecule has 0 atom stereocenters. The summed E-state index contributed by atoms with van der Waals surface area (Å²) in [7, 11) is 0. The van der Waals surface area contributed by atoms with Crippen LogP contribution in [0.3, 0.4) is 0 Å². The molecule has 2 heterocycles. The average molecular weight is 643 g/mol. The maximum atomic E-state index is 2.52. The van der Waals surface area contributed by atoms with Gasteiger partial charge in [0.15, 0.2) is 0 Å². The summed E-state index contributed by atoms with van der Waals surface area (Å²) >= 11 is 1.87. The van der Waals surface area contributed by atoms with E-state index < -0.39 is 0 Å². The van der Waals surface area contributed by atoms with Crippen LogP contribution in [-0.4, -0.2) is 4.57 Å². The van der Waals surface area contributed by atoms with Crippen LogP contribution in [0, 0.1) is 0 Å². The van der Waals surface area contributed by atoms with Gasteiger partial charge in [0.05, 0.1) is 38.5 Å². The van der Waals surface area contributed by atoms with Crippen molar-refractivity contribution in [2.24, 2.45) is 0 Å². The van der Waals surface area contributed by atoms with Gasteiger partial charge in [0.2, 0.25) is 0 Å². The molecule has 0 unspecified atom stereocenters. The molecular weight excluding hydrogens is 613 g/mol. The van der Waals surface area contributed by atoms with Crippen LogP contribution >= 0.6 is 11.3 Å². The van der Waals surface area contributed by atoms with Crippen molar-refractivity contribution in [3.8, 4) is 16.8 Å². The maximum absolute atomic E-state index is 2.52. The number of rotatable bonds is 5. The van der Waals surface area contributed by atoms with E-state index in [0.29, 0.717) is 0 Å². The Morgan fingerprint density at radius 1 is 0.408 bits per heavy atom.